The minimum Gasteiger partial charge on any atom is -0.342 e. The first-order valence-electron chi connectivity index (χ1n) is 11.6. The third-order valence-electron chi connectivity index (χ3n) is 6.77. The van der Waals surface area contributed by atoms with Gasteiger partial charge in [-0.25, -0.2) is 19.3 Å². The van der Waals surface area contributed by atoms with E-state index in [4.69, 9.17) is 16.6 Å². The van der Waals surface area contributed by atoms with Crippen molar-refractivity contribution >= 4 is 28.7 Å². The minimum atomic E-state index is -0.253. The highest BCUT2D eigenvalue weighted by atomic mass is 35.5. The van der Waals surface area contributed by atoms with Crippen molar-refractivity contribution in [2.45, 2.75) is 25.8 Å². The van der Waals surface area contributed by atoms with Gasteiger partial charge in [0.25, 0.3) is 0 Å². The maximum absolute atomic E-state index is 13.3. The Kier molecular flexibility index (Phi) is 5.29. The van der Waals surface area contributed by atoms with Crippen LogP contribution in [0.3, 0.4) is 0 Å². The van der Waals surface area contributed by atoms with Crippen LogP contribution in [0.2, 0.25) is 5.15 Å². The molecule has 34 heavy (non-hydrogen) atoms. The van der Waals surface area contributed by atoms with E-state index < -0.39 is 0 Å². The second-order valence-corrected chi connectivity index (χ2v) is 9.54. The second kappa shape index (κ2) is 8.47. The number of nitrogens with zero attached hydrogens (tertiary/aromatic N) is 5. The molecule has 1 atom stereocenters. The number of benzene rings is 2. The number of imidazole rings is 1. The number of fused-ring (bicyclic) bond motifs is 1. The molecule has 6 rings (SSSR count). The first kappa shape index (κ1) is 21.2. The highest BCUT2D eigenvalue weighted by Crippen LogP contribution is 2.34. The number of amides is 1. The van der Waals surface area contributed by atoms with Crippen molar-refractivity contribution in [3.63, 3.8) is 0 Å². The Bertz CT molecular complexity index is 1360. The molecule has 2 aliphatic rings. The first-order valence-corrected chi connectivity index (χ1v) is 12.0. The lowest BCUT2D eigenvalue weighted by Gasteiger charge is -2.17. The molecule has 2 aromatic heterocycles. The predicted molar refractivity (Wildman–Crippen MR) is 129 cm³/mol. The molecule has 2 fully saturated rings. The van der Waals surface area contributed by atoms with E-state index in [1.54, 1.807) is 12.1 Å². The van der Waals surface area contributed by atoms with Gasteiger partial charge in [-0.2, -0.15) is 0 Å². The molecule has 1 aliphatic heterocycles. The molecule has 2 aromatic carbocycles. The van der Waals surface area contributed by atoms with Crippen LogP contribution in [0, 0.1) is 17.7 Å². The van der Waals surface area contributed by atoms with E-state index in [1.165, 1.54) is 18.5 Å². The summed E-state index contributed by atoms with van der Waals surface area (Å²) in [5, 5.41) is 0.324. The van der Waals surface area contributed by atoms with Crippen molar-refractivity contribution in [3.8, 4) is 22.5 Å². The Morgan fingerprint density at radius 2 is 1.65 bits per heavy atom. The van der Waals surface area contributed by atoms with Gasteiger partial charge in [-0.05, 0) is 48.4 Å². The molecule has 4 aromatic rings. The molecule has 1 saturated carbocycles. The predicted octanol–water partition coefficient (Wildman–Crippen LogP) is 5.21. The maximum Gasteiger partial charge on any atom is 0.225 e. The van der Waals surface area contributed by atoms with Crippen LogP contribution in [0.4, 0.5) is 4.39 Å². The summed E-state index contributed by atoms with van der Waals surface area (Å²) < 4.78 is 15.4. The Hall–Kier alpha value is -3.32. The lowest BCUT2D eigenvalue weighted by atomic mass is 10.0. The molecular weight excluding hydrogens is 453 g/mol. The topological polar surface area (TPSA) is 63.9 Å². The fraction of sp³-hybridized carbons (Fsp3) is 0.308. The van der Waals surface area contributed by atoms with Crippen LogP contribution in [-0.4, -0.2) is 43.4 Å². The van der Waals surface area contributed by atoms with Gasteiger partial charge in [0.15, 0.2) is 10.8 Å². The fourth-order valence-electron chi connectivity index (χ4n) is 4.78. The molecule has 0 bridgehead atoms. The lowest BCUT2D eigenvalue weighted by molar-refractivity contribution is -0.131. The standard InChI is InChI=1S/C26H23ClFN5O/c27-23-22-25(30-15-29-23)33(14-16-11-12-32(13-16)26(34)20-5-6-20)24(31-22)19-3-1-17(2-4-19)18-7-9-21(28)10-8-18/h1-4,7-10,15-16,20H,5-6,11-14H2/t16-/m1/s1. The van der Waals surface area contributed by atoms with Crippen molar-refractivity contribution in [1.29, 1.82) is 0 Å². The summed E-state index contributed by atoms with van der Waals surface area (Å²) >= 11 is 6.36. The molecule has 3 heterocycles. The monoisotopic (exact) mass is 475 g/mol. The van der Waals surface area contributed by atoms with Gasteiger partial charge < -0.3 is 9.47 Å². The van der Waals surface area contributed by atoms with Crippen LogP contribution in [0.15, 0.2) is 54.9 Å². The number of carbonyl (C=O) groups is 1. The summed E-state index contributed by atoms with van der Waals surface area (Å²) in [7, 11) is 0. The molecule has 8 heteroatoms. The third kappa shape index (κ3) is 3.94. The zero-order chi connectivity index (χ0) is 23.2. The van der Waals surface area contributed by atoms with E-state index in [0.29, 0.717) is 34.7 Å². The summed E-state index contributed by atoms with van der Waals surface area (Å²) in [6.45, 7) is 2.27. The molecule has 1 amide bonds. The molecule has 172 valence electrons. The first-order chi connectivity index (χ1) is 16.6. The number of aromatic nitrogens is 4. The van der Waals surface area contributed by atoms with Gasteiger partial charge in [-0.15, -0.1) is 0 Å². The Labute approximate surface area is 201 Å². The van der Waals surface area contributed by atoms with E-state index in [-0.39, 0.29) is 11.7 Å². The quantitative estimate of drug-likeness (QED) is 0.372. The van der Waals surface area contributed by atoms with Gasteiger partial charge in [0.2, 0.25) is 5.91 Å². The summed E-state index contributed by atoms with van der Waals surface area (Å²) in [5.41, 5.74) is 4.15. The van der Waals surface area contributed by atoms with Crippen LogP contribution in [0.5, 0.6) is 0 Å². The number of carbonyl (C=O) groups excluding carboxylic acids is 1. The molecule has 1 aliphatic carbocycles. The number of halogens is 2. The maximum atomic E-state index is 13.3. The summed E-state index contributed by atoms with van der Waals surface area (Å²) in [5.74, 6) is 1.40. The van der Waals surface area contributed by atoms with Gasteiger partial charge in [0.1, 0.15) is 23.5 Å². The van der Waals surface area contributed by atoms with E-state index >= 15 is 0 Å². The van der Waals surface area contributed by atoms with Gasteiger partial charge in [-0.3, -0.25) is 4.79 Å². The van der Waals surface area contributed by atoms with E-state index in [0.717, 1.165) is 54.9 Å². The number of hydrogen-bond donors (Lipinski definition) is 0. The molecule has 0 spiro atoms. The van der Waals surface area contributed by atoms with Crippen molar-refractivity contribution < 1.29 is 9.18 Å². The van der Waals surface area contributed by atoms with E-state index in [1.807, 2.05) is 29.2 Å². The number of likely N-dealkylation sites (tertiary alicyclic amines) is 1. The second-order valence-electron chi connectivity index (χ2n) is 9.18. The van der Waals surface area contributed by atoms with Crippen LogP contribution in [-0.2, 0) is 11.3 Å². The molecule has 6 nitrogen and oxygen atoms in total. The highest BCUT2D eigenvalue weighted by molar-refractivity contribution is 6.33. The average Bonchev–Trinajstić information content (AvgIpc) is 3.49. The molecular formula is C26H23ClFN5O. The largest absolute Gasteiger partial charge is 0.342 e. The smallest absolute Gasteiger partial charge is 0.225 e. The van der Waals surface area contributed by atoms with Gasteiger partial charge >= 0.3 is 0 Å². The van der Waals surface area contributed by atoms with Crippen LogP contribution >= 0.6 is 11.6 Å². The zero-order valence-electron chi connectivity index (χ0n) is 18.5. The third-order valence-corrected chi connectivity index (χ3v) is 7.05. The summed E-state index contributed by atoms with van der Waals surface area (Å²) in [6, 6.07) is 14.5. The molecule has 0 N–H and O–H groups in total. The normalized spacial score (nSPS) is 18.1. The van der Waals surface area contributed by atoms with Crippen LogP contribution < -0.4 is 0 Å². The Balaban J connectivity index is 1.32. The number of hydrogen-bond acceptors (Lipinski definition) is 4. The molecule has 0 unspecified atom stereocenters. The zero-order valence-corrected chi connectivity index (χ0v) is 19.2. The van der Waals surface area contributed by atoms with Crippen molar-refractivity contribution in [2.24, 2.45) is 11.8 Å². The van der Waals surface area contributed by atoms with Crippen molar-refractivity contribution in [3.05, 3.63) is 65.8 Å². The van der Waals surface area contributed by atoms with E-state index in [2.05, 4.69) is 14.5 Å². The summed E-state index contributed by atoms with van der Waals surface area (Å²) in [6.07, 6.45) is 4.47. The van der Waals surface area contributed by atoms with Crippen LogP contribution in [0.25, 0.3) is 33.7 Å². The average molecular weight is 476 g/mol. The van der Waals surface area contributed by atoms with Gasteiger partial charge in [0.05, 0.1) is 0 Å². The SMILES string of the molecule is O=C(C1CC1)N1CC[C@@H](Cn2c(-c3ccc(-c4ccc(F)cc4)cc3)nc3c(Cl)ncnc32)C1. The number of rotatable bonds is 5. The minimum absolute atomic E-state index is 0.245. The Morgan fingerprint density at radius 1 is 0.971 bits per heavy atom. The van der Waals surface area contributed by atoms with Crippen molar-refractivity contribution in [2.75, 3.05) is 13.1 Å². The summed E-state index contributed by atoms with van der Waals surface area (Å²) in [4.78, 5) is 27.9. The lowest BCUT2D eigenvalue weighted by Crippen LogP contribution is -2.30. The van der Waals surface area contributed by atoms with Gasteiger partial charge in [-0.1, -0.05) is 48.0 Å². The Morgan fingerprint density at radius 3 is 2.35 bits per heavy atom. The molecule has 1 saturated heterocycles. The van der Waals surface area contributed by atoms with Crippen molar-refractivity contribution in [1.82, 2.24) is 24.4 Å². The molecule has 0 radical (unpaired) electrons. The fourth-order valence-corrected chi connectivity index (χ4v) is 4.96. The highest BCUT2D eigenvalue weighted by Gasteiger charge is 2.37. The van der Waals surface area contributed by atoms with Gasteiger partial charge in [0, 0.05) is 31.1 Å². The van der Waals surface area contributed by atoms with Crippen LogP contribution in [0.1, 0.15) is 19.3 Å². The van der Waals surface area contributed by atoms with E-state index in [9.17, 15) is 9.18 Å².